The minimum Gasteiger partial charge on any atom is -0.491 e. The largest absolute Gasteiger partial charge is 0.491 e. The lowest BCUT2D eigenvalue weighted by Crippen LogP contribution is -2.38. The molecule has 0 saturated carbocycles. The molecule has 1 N–H and O–H groups in total. The molecule has 1 fully saturated rings. The Morgan fingerprint density at radius 2 is 1.63 bits per heavy atom. The molecule has 0 radical (unpaired) electrons. The van der Waals surface area contributed by atoms with Crippen molar-refractivity contribution >= 4 is 0 Å². The average molecular weight is 367 g/mol. The van der Waals surface area contributed by atoms with Crippen molar-refractivity contribution in [2.45, 2.75) is 38.5 Å². The van der Waals surface area contributed by atoms with Crippen LogP contribution in [0.15, 0.2) is 48.5 Å². The molecule has 144 valence electrons. The van der Waals surface area contributed by atoms with Gasteiger partial charge in [0.1, 0.15) is 18.5 Å². The van der Waals surface area contributed by atoms with E-state index in [1.807, 2.05) is 12.1 Å². The summed E-state index contributed by atoms with van der Waals surface area (Å²) in [4.78, 5) is 4.80. The summed E-state index contributed by atoms with van der Waals surface area (Å²) >= 11 is 0. The molecule has 0 unspecified atom stereocenters. The summed E-state index contributed by atoms with van der Waals surface area (Å²) in [5.74, 6) is 0.910. The van der Waals surface area contributed by atoms with Crippen molar-refractivity contribution in [3.05, 3.63) is 65.2 Å². The van der Waals surface area contributed by atoms with Gasteiger partial charge in [-0.05, 0) is 49.5 Å². The van der Waals surface area contributed by atoms with Crippen molar-refractivity contribution in [1.82, 2.24) is 9.80 Å². The van der Waals surface area contributed by atoms with Gasteiger partial charge in [0.05, 0.1) is 0 Å². The molecule has 1 atom stereocenters. The Morgan fingerprint density at radius 3 is 2.48 bits per heavy atom. The van der Waals surface area contributed by atoms with Crippen LogP contribution in [0.1, 0.15) is 29.5 Å². The summed E-state index contributed by atoms with van der Waals surface area (Å²) in [5, 5.41) is 10.5. The zero-order valence-electron chi connectivity index (χ0n) is 16.0. The van der Waals surface area contributed by atoms with E-state index < -0.39 is 6.10 Å². The van der Waals surface area contributed by atoms with Gasteiger partial charge in [0, 0.05) is 31.7 Å². The smallest absolute Gasteiger partial charge is 0.123 e. The highest BCUT2D eigenvalue weighted by molar-refractivity contribution is 5.33. The van der Waals surface area contributed by atoms with Crippen molar-refractivity contribution in [3.8, 4) is 5.75 Å². The summed E-state index contributed by atoms with van der Waals surface area (Å²) in [6.07, 6.45) is 3.17. The van der Waals surface area contributed by atoms with Crippen molar-refractivity contribution in [2.75, 3.05) is 32.8 Å². The fourth-order valence-corrected chi connectivity index (χ4v) is 4.20. The van der Waals surface area contributed by atoms with Crippen molar-refractivity contribution in [3.63, 3.8) is 0 Å². The van der Waals surface area contributed by atoms with Gasteiger partial charge in [-0.25, -0.2) is 0 Å². The number of ether oxygens (including phenoxy) is 1. The minimum atomic E-state index is -0.477. The topological polar surface area (TPSA) is 35.9 Å². The lowest BCUT2D eigenvalue weighted by molar-refractivity contribution is 0.0632. The molecule has 0 amide bonds. The standard InChI is InChI=1S/C23H30N2O2/c26-22(17-25-14-11-19-7-1-2-8-20(19)15-25)18-27-23-10-4-3-9-21(23)16-24-12-5-6-13-24/h1-4,7-10,22,26H,5-6,11-18H2/t22-/m1/s1. The van der Waals surface area contributed by atoms with E-state index in [2.05, 4.69) is 46.2 Å². The normalized spacial score (nSPS) is 19.0. The predicted molar refractivity (Wildman–Crippen MR) is 108 cm³/mol. The first kappa shape index (κ1) is 18.5. The molecule has 0 aliphatic carbocycles. The molecular weight excluding hydrogens is 336 g/mol. The number of benzene rings is 2. The Morgan fingerprint density at radius 1 is 0.889 bits per heavy atom. The Hall–Kier alpha value is -1.88. The minimum absolute atomic E-state index is 0.342. The quantitative estimate of drug-likeness (QED) is 0.817. The van der Waals surface area contributed by atoms with E-state index in [1.54, 1.807) is 0 Å². The van der Waals surface area contributed by atoms with Crippen molar-refractivity contribution in [1.29, 1.82) is 0 Å². The van der Waals surface area contributed by atoms with Crippen molar-refractivity contribution < 1.29 is 9.84 Å². The molecule has 2 heterocycles. The number of aliphatic hydroxyl groups excluding tert-OH is 1. The Bertz CT molecular complexity index is 743. The number of nitrogens with zero attached hydrogens (tertiary/aromatic N) is 2. The van der Waals surface area contributed by atoms with Gasteiger partial charge in [0.15, 0.2) is 0 Å². The first-order valence-corrected chi connectivity index (χ1v) is 10.2. The van der Waals surface area contributed by atoms with Crippen LogP contribution >= 0.6 is 0 Å². The summed E-state index contributed by atoms with van der Waals surface area (Å²) in [7, 11) is 0. The number of aliphatic hydroxyl groups is 1. The molecular formula is C23H30N2O2. The predicted octanol–water partition coefficient (Wildman–Crippen LogP) is 3.08. The van der Waals surface area contributed by atoms with Gasteiger partial charge in [-0.15, -0.1) is 0 Å². The molecule has 4 heteroatoms. The van der Waals surface area contributed by atoms with Gasteiger partial charge in [-0.1, -0.05) is 42.5 Å². The summed E-state index contributed by atoms with van der Waals surface area (Å²) in [5.41, 5.74) is 4.04. The monoisotopic (exact) mass is 366 g/mol. The highest BCUT2D eigenvalue weighted by Gasteiger charge is 2.19. The molecule has 0 spiro atoms. The van der Waals surface area contributed by atoms with Crippen LogP contribution < -0.4 is 4.74 Å². The Labute approximate surface area is 162 Å². The second kappa shape index (κ2) is 8.87. The molecule has 4 rings (SSSR count). The van der Waals surface area contributed by atoms with Crippen LogP contribution in [0.3, 0.4) is 0 Å². The molecule has 4 nitrogen and oxygen atoms in total. The van der Waals surface area contributed by atoms with E-state index in [4.69, 9.17) is 4.74 Å². The molecule has 0 aromatic heterocycles. The van der Waals surface area contributed by atoms with Crippen molar-refractivity contribution in [2.24, 2.45) is 0 Å². The van der Waals surface area contributed by atoms with Gasteiger partial charge in [-0.2, -0.15) is 0 Å². The number of rotatable bonds is 7. The van der Waals surface area contributed by atoms with Crippen LogP contribution in [-0.4, -0.2) is 53.8 Å². The second-order valence-electron chi connectivity index (χ2n) is 7.81. The van der Waals surface area contributed by atoms with Gasteiger partial charge < -0.3 is 9.84 Å². The average Bonchev–Trinajstić information content (AvgIpc) is 3.20. The molecule has 2 aliphatic heterocycles. The second-order valence-corrected chi connectivity index (χ2v) is 7.81. The third kappa shape index (κ3) is 4.89. The zero-order chi connectivity index (χ0) is 18.5. The first-order chi connectivity index (χ1) is 13.3. The lowest BCUT2D eigenvalue weighted by atomic mass is 10.00. The maximum atomic E-state index is 10.5. The number of likely N-dealkylation sites (tertiary alicyclic amines) is 1. The van der Waals surface area contributed by atoms with Gasteiger partial charge >= 0.3 is 0 Å². The third-order valence-electron chi connectivity index (χ3n) is 5.68. The van der Waals surface area contributed by atoms with Crippen LogP contribution in [0.5, 0.6) is 5.75 Å². The van der Waals surface area contributed by atoms with Crippen LogP contribution in [0.2, 0.25) is 0 Å². The molecule has 2 aromatic rings. The van der Waals surface area contributed by atoms with E-state index in [-0.39, 0.29) is 0 Å². The molecule has 0 bridgehead atoms. The maximum Gasteiger partial charge on any atom is 0.123 e. The fraction of sp³-hybridized carbons (Fsp3) is 0.478. The third-order valence-corrected chi connectivity index (χ3v) is 5.68. The number of hydrogen-bond acceptors (Lipinski definition) is 4. The number of para-hydroxylation sites is 1. The van der Waals surface area contributed by atoms with Gasteiger partial charge in [0.25, 0.3) is 0 Å². The lowest BCUT2D eigenvalue weighted by Gasteiger charge is -2.30. The maximum absolute atomic E-state index is 10.5. The Kier molecular flexibility index (Phi) is 6.07. The molecule has 2 aromatic carbocycles. The molecule has 2 aliphatic rings. The van der Waals surface area contributed by atoms with E-state index in [9.17, 15) is 5.11 Å². The summed E-state index contributed by atoms with van der Waals surface area (Å²) < 4.78 is 6.02. The summed E-state index contributed by atoms with van der Waals surface area (Å²) in [6.45, 7) is 6.20. The molecule has 1 saturated heterocycles. The fourth-order valence-electron chi connectivity index (χ4n) is 4.20. The highest BCUT2D eigenvalue weighted by atomic mass is 16.5. The van der Waals surface area contributed by atoms with Crippen LogP contribution in [0, 0.1) is 0 Å². The van der Waals surface area contributed by atoms with Crippen LogP contribution in [0.4, 0.5) is 0 Å². The van der Waals surface area contributed by atoms with E-state index in [0.717, 1.165) is 31.8 Å². The van der Waals surface area contributed by atoms with Crippen LogP contribution in [0.25, 0.3) is 0 Å². The van der Waals surface area contributed by atoms with Gasteiger partial charge in [-0.3, -0.25) is 9.80 Å². The number of β-amino-alcohol motifs (C(OH)–C–C–N with tert-alkyl or cyclic N) is 1. The number of hydrogen-bond donors (Lipinski definition) is 1. The zero-order valence-corrected chi connectivity index (χ0v) is 16.0. The van der Waals surface area contributed by atoms with Crippen LogP contribution in [-0.2, 0) is 19.5 Å². The highest BCUT2D eigenvalue weighted by Crippen LogP contribution is 2.23. The molecule has 27 heavy (non-hydrogen) atoms. The number of fused-ring (bicyclic) bond motifs is 1. The Balaban J connectivity index is 1.29. The first-order valence-electron chi connectivity index (χ1n) is 10.2. The van der Waals surface area contributed by atoms with Gasteiger partial charge in [0.2, 0.25) is 0 Å². The van der Waals surface area contributed by atoms with E-state index >= 15 is 0 Å². The van der Waals surface area contributed by atoms with E-state index in [0.29, 0.717) is 13.2 Å². The van der Waals surface area contributed by atoms with E-state index in [1.165, 1.54) is 42.6 Å². The SMILES string of the molecule is O[C@@H](COc1ccccc1CN1CCCC1)CN1CCc2ccccc2C1. The summed E-state index contributed by atoms with van der Waals surface area (Å²) in [6, 6.07) is 16.9.